The van der Waals surface area contributed by atoms with E-state index in [4.69, 9.17) is 9.47 Å². The fourth-order valence-corrected chi connectivity index (χ4v) is 2.94. The maximum Gasteiger partial charge on any atom is 0.221 e. The molecule has 0 bridgehead atoms. The number of nitrogens with zero attached hydrogens (tertiary/aromatic N) is 1. The van der Waals surface area contributed by atoms with Gasteiger partial charge in [-0.15, -0.1) is 0 Å². The molecule has 0 aromatic heterocycles. The number of hydrogen-bond acceptors (Lipinski definition) is 4. The number of rotatable bonds is 7. The van der Waals surface area contributed by atoms with E-state index in [9.17, 15) is 10.1 Å². The molecule has 0 spiro atoms. The summed E-state index contributed by atoms with van der Waals surface area (Å²) in [5, 5.41) is 12.1. The molecule has 1 aromatic carbocycles. The van der Waals surface area contributed by atoms with Crippen LogP contribution in [0.5, 0.6) is 5.75 Å². The van der Waals surface area contributed by atoms with Gasteiger partial charge in [0.1, 0.15) is 11.8 Å². The van der Waals surface area contributed by atoms with E-state index in [0.29, 0.717) is 19.6 Å². The van der Waals surface area contributed by atoms with E-state index < -0.39 is 6.04 Å². The highest BCUT2D eigenvalue weighted by Gasteiger charge is 2.27. The molecule has 5 nitrogen and oxygen atoms in total. The van der Waals surface area contributed by atoms with E-state index in [-0.39, 0.29) is 17.7 Å². The third-order valence-corrected chi connectivity index (χ3v) is 4.19. The summed E-state index contributed by atoms with van der Waals surface area (Å²) >= 11 is 0. The fourth-order valence-electron chi connectivity index (χ4n) is 2.94. The van der Waals surface area contributed by atoms with Gasteiger partial charge < -0.3 is 14.8 Å². The van der Waals surface area contributed by atoms with Crippen molar-refractivity contribution in [3.8, 4) is 11.8 Å². The van der Waals surface area contributed by atoms with Crippen molar-refractivity contribution < 1.29 is 14.3 Å². The van der Waals surface area contributed by atoms with E-state index in [0.717, 1.165) is 24.2 Å². The SMILES string of the molecule is COc1ccccc1C[C@H](C)CC(=O)N[C@H](C#N)[C@@H]1CCOC1. The second-order valence-electron chi connectivity index (χ2n) is 6.12. The van der Waals surface area contributed by atoms with Gasteiger partial charge >= 0.3 is 0 Å². The molecule has 23 heavy (non-hydrogen) atoms. The average molecular weight is 316 g/mol. The first kappa shape index (κ1) is 17.3. The summed E-state index contributed by atoms with van der Waals surface area (Å²) in [6.45, 7) is 3.25. The lowest BCUT2D eigenvalue weighted by molar-refractivity contribution is -0.122. The number of carbonyl (C=O) groups excluding carboxylic acids is 1. The lowest BCUT2D eigenvalue weighted by Gasteiger charge is -2.19. The summed E-state index contributed by atoms with van der Waals surface area (Å²) in [4.78, 5) is 12.2. The van der Waals surface area contributed by atoms with Crippen LogP contribution in [-0.4, -0.2) is 32.3 Å². The minimum Gasteiger partial charge on any atom is -0.496 e. The van der Waals surface area contributed by atoms with Crippen LogP contribution in [0, 0.1) is 23.2 Å². The number of benzene rings is 1. The predicted molar refractivity (Wildman–Crippen MR) is 86.9 cm³/mol. The molecule has 1 aliphatic rings. The molecule has 0 aliphatic carbocycles. The van der Waals surface area contributed by atoms with Crippen LogP contribution in [0.25, 0.3) is 0 Å². The summed E-state index contributed by atoms with van der Waals surface area (Å²) in [6.07, 6.45) is 1.99. The van der Waals surface area contributed by atoms with Crippen molar-refractivity contribution in [1.82, 2.24) is 5.32 Å². The number of methoxy groups -OCH3 is 1. The molecular weight excluding hydrogens is 292 g/mol. The van der Waals surface area contributed by atoms with Gasteiger partial charge in [-0.1, -0.05) is 25.1 Å². The first-order valence-corrected chi connectivity index (χ1v) is 8.02. The third-order valence-electron chi connectivity index (χ3n) is 4.19. The number of hydrogen-bond donors (Lipinski definition) is 1. The maximum absolute atomic E-state index is 12.2. The Balaban J connectivity index is 1.85. The minimum absolute atomic E-state index is 0.0779. The zero-order chi connectivity index (χ0) is 16.7. The molecule has 1 heterocycles. The number of para-hydroxylation sites is 1. The molecular formula is C18H24N2O3. The highest BCUT2D eigenvalue weighted by atomic mass is 16.5. The number of nitriles is 1. The molecule has 1 aromatic rings. The van der Waals surface area contributed by atoms with Gasteiger partial charge in [0.15, 0.2) is 0 Å². The summed E-state index contributed by atoms with van der Waals surface area (Å²) in [5.41, 5.74) is 1.09. The van der Waals surface area contributed by atoms with Gasteiger partial charge in [-0.25, -0.2) is 0 Å². The molecule has 0 radical (unpaired) electrons. The molecule has 3 atom stereocenters. The van der Waals surface area contributed by atoms with Crippen molar-refractivity contribution in [3.05, 3.63) is 29.8 Å². The first-order chi connectivity index (χ1) is 11.1. The summed E-state index contributed by atoms with van der Waals surface area (Å²) in [7, 11) is 1.65. The molecule has 1 fully saturated rings. The number of carbonyl (C=O) groups is 1. The summed E-state index contributed by atoms with van der Waals surface area (Å²) in [6, 6.07) is 9.57. The van der Waals surface area contributed by atoms with Crippen LogP contribution in [0.1, 0.15) is 25.3 Å². The molecule has 5 heteroatoms. The Kier molecular flexibility index (Phi) is 6.42. The molecule has 0 saturated carbocycles. The van der Waals surface area contributed by atoms with Crippen molar-refractivity contribution in [3.63, 3.8) is 0 Å². The van der Waals surface area contributed by atoms with Gasteiger partial charge in [-0.2, -0.15) is 5.26 Å². The minimum atomic E-state index is -0.455. The summed E-state index contributed by atoms with van der Waals surface area (Å²) < 4.78 is 10.6. The van der Waals surface area contributed by atoms with E-state index in [1.165, 1.54) is 0 Å². The number of nitrogens with one attached hydrogen (secondary N) is 1. The standard InChI is InChI=1S/C18H24N2O3/c1-13(9-14-5-3-4-6-17(14)22-2)10-18(21)20-16(11-19)15-7-8-23-12-15/h3-6,13,15-16H,7-10,12H2,1-2H3,(H,20,21)/t13-,15+,16+/m0/s1. The Morgan fingerprint density at radius 2 is 2.30 bits per heavy atom. The van der Waals surface area contributed by atoms with Gasteiger partial charge in [0.05, 0.1) is 19.8 Å². The second-order valence-corrected chi connectivity index (χ2v) is 6.12. The number of amides is 1. The lowest BCUT2D eigenvalue weighted by Crippen LogP contribution is -2.40. The van der Waals surface area contributed by atoms with Crippen LogP contribution in [0.4, 0.5) is 0 Å². The van der Waals surface area contributed by atoms with E-state index in [1.807, 2.05) is 31.2 Å². The quantitative estimate of drug-likeness (QED) is 0.838. The van der Waals surface area contributed by atoms with Gasteiger partial charge in [-0.3, -0.25) is 4.79 Å². The number of ether oxygens (including phenoxy) is 2. The van der Waals surface area contributed by atoms with Gasteiger partial charge in [0.2, 0.25) is 5.91 Å². The first-order valence-electron chi connectivity index (χ1n) is 8.02. The Hall–Kier alpha value is -2.06. The van der Waals surface area contributed by atoms with Crippen molar-refractivity contribution in [2.75, 3.05) is 20.3 Å². The molecule has 1 saturated heterocycles. The molecule has 1 amide bonds. The molecule has 0 unspecified atom stereocenters. The van der Waals surface area contributed by atoms with Gasteiger partial charge in [0, 0.05) is 18.9 Å². The lowest BCUT2D eigenvalue weighted by atomic mass is 9.96. The van der Waals surface area contributed by atoms with Crippen LogP contribution in [0.2, 0.25) is 0 Å². The second kappa shape index (κ2) is 8.54. The smallest absolute Gasteiger partial charge is 0.221 e. The zero-order valence-corrected chi connectivity index (χ0v) is 13.7. The molecule has 124 valence electrons. The summed E-state index contributed by atoms with van der Waals surface area (Å²) in [5.74, 6) is 1.04. The maximum atomic E-state index is 12.2. The topological polar surface area (TPSA) is 71.3 Å². The molecule has 2 rings (SSSR count). The van der Waals surface area contributed by atoms with E-state index in [2.05, 4.69) is 11.4 Å². The zero-order valence-electron chi connectivity index (χ0n) is 13.7. The van der Waals surface area contributed by atoms with E-state index in [1.54, 1.807) is 7.11 Å². The predicted octanol–water partition coefficient (Wildman–Crippen LogP) is 2.31. The van der Waals surface area contributed by atoms with Crippen LogP contribution in [0.3, 0.4) is 0 Å². The van der Waals surface area contributed by atoms with Crippen molar-refractivity contribution >= 4 is 5.91 Å². The monoisotopic (exact) mass is 316 g/mol. The third kappa shape index (κ3) is 4.97. The van der Waals surface area contributed by atoms with Crippen LogP contribution >= 0.6 is 0 Å². The largest absolute Gasteiger partial charge is 0.496 e. The van der Waals surface area contributed by atoms with Gasteiger partial charge in [-0.05, 0) is 30.4 Å². The van der Waals surface area contributed by atoms with Crippen LogP contribution in [0.15, 0.2) is 24.3 Å². The molecule has 1 N–H and O–H groups in total. The highest BCUT2D eigenvalue weighted by molar-refractivity contribution is 5.76. The van der Waals surface area contributed by atoms with Crippen LogP contribution < -0.4 is 10.1 Å². The average Bonchev–Trinajstić information content (AvgIpc) is 3.07. The van der Waals surface area contributed by atoms with Crippen molar-refractivity contribution in [2.24, 2.45) is 11.8 Å². The van der Waals surface area contributed by atoms with Gasteiger partial charge in [0.25, 0.3) is 0 Å². The van der Waals surface area contributed by atoms with Crippen molar-refractivity contribution in [1.29, 1.82) is 5.26 Å². The van der Waals surface area contributed by atoms with E-state index >= 15 is 0 Å². The Bertz CT molecular complexity index is 562. The normalized spacial score (nSPS) is 19.6. The Morgan fingerprint density at radius 1 is 1.52 bits per heavy atom. The van der Waals surface area contributed by atoms with Crippen LogP contribution in [-0.2, 0) is 16.0 Å². The highest BCUT2D eigenvalue weighted by Crippen LogP contribution is 2.22. The Morgan fingerprint density at radius 3 is 2.96 bits per heavy atom. The Labute approximate surface area is 137 Å². The molecule has 1 aliphatic heterocycles. The van der Waals surface area contributed by atoms with Crippen molar-refractivity contribution in [2.45, 2.75) is 32.2 Å². The fraction of sp³-hybridized carbons (Fsp3) is 0.556.